The molecular formula is C35H31N3O8S. The average Bonchev–Trinajstić information content (AvgIpc) is 3.55. The predicted molar refractivity (Wildman–Crippen MR) is 175 cm³/mol. The number of methoxy groups -OCH3 is 2. The number of ether oxygens (including phenoxy) is 4. The Balaban J connectivity index is 1.67. The molecule has 4 aromatic rings. The molecule has 0 N–H and O–H groups in total. The third-order valence-electron chi connectivity index (χ3n) is 7.82. The predicted octanol–water partition coefficient (Wildman–Crippen LogP) is 3.23. The van der Waals surface area contributed by atoms with Gasteiger partial charge < -0.3 is 18.9 Å². The summed E-state index contributed by atoms with van der Waals surface area (Å²) < 4.78 is 23.2. The largest absolute Gasteiger partial charge is 0.493 e. The number of amides is 1. The highest BCUT2D eigenvalue weighted by atomic mass is 32.1. The van der Waals surface area contributed by atoms with Crippen molar-refractivity contribution in [2.45, 2.75) is 19.9 Å². The van der Waals surface area contributed by atoms with Gasteiger partial charge in [0, 0.05) is 11.1 Å². The number of nitrogens with zero attached hydrogens (tertiary/aromatic N) is 3. The number of hydrogen-bond acceptors (Lipinski definition) is 10. The van der Waals surface area contributed by atoms with E-state index in [0.717, 1.165) is 11.3 Å². The molecule has 0 spiro atoms. The fourth-order valence-corrected chi connectivity index (χ4v) is 6.91. The fraction of sp³-hybridized carbons (Fsp3) is 0.229. The van der Waals surface area contributed by atoms with Gasteiger partial charge in [0.05, 0.1) is 56.0 Å². The minimum absolute atomic E-state index is 0.0964. The van der Waals surface area contributed by atoms with Crippen LogP contribution >= 0.6 is 11.3 Å². The molecule has 12 heteroatoms. The lowest BCUT2D eigenvalue weighted by Gasteiger charge is -2.26. The van der Waals surface area contributed by atoms with Crippen molar-refractivity contribution in [1.29, 1.82) is 0 Å². The van der Waals surface area contributed by atoms with Crippen LogP contribution in [0.15, 0.2) is 88.2 Å². The van der Waals surface area contributed by atoms with Crippen LogP contribution in [0.25, 0.3) is 11.3 Å². The van der Waals surface area contributed by atoms with Gasteiger partial charge in [0.2, 0.25) is 0 Å². The summed E-state index contributed by atoms with van der Waals surface area (Å²) >= 11 is 1.04. The Hall–Kier alpha value is -5.49. The van der Waals surface area contributed by atoms with E-state index in [2.05, 4.69) is 0 Å². The van der Waals surface area contributed by atoms with Gasteiger partial charge in [-0.3, -0.25) is 23.9 Å². The van der Waals surface area contributed by atoms with E-state index >= 15 is 0 Å². The highest BCUT2D eigenvalue weighted by molar-refractivity contribution is 7.07. The normalized spacial score (nSPS) is 16.3. The van der Waals surface area contributed by atoms with Crippen molar-refractivity contribution in [1.82, 2.24) is 4.57 Å². The van der Waals surface area contributed by atoms with Crippen molar-refractivity contribution in [2.24, 2.45) is 4.99 Å². The number of hydrogen-bond donors (Lipinski definition) is 0. The molecule has 0 radical (unpaired) electrons. The Morgan fingerprint density at radius 3 is 2.28 bits per heavy atom. The van der Waals surface area contributed by atoms with Crippen molar-refractivity contribution in [3.8, 4) is 11.5 Å². The maximum Gasteiger partial charge on any atom is 0.338 e. The zero-order valence-corrected chi connectivity index (χ0v) is 27.0. The molecule has 0 saturated heterocycles. The molecule has 2 aliphatic rings. The van der Waals surface area contributed by atoms with Gasteiger partial charge in [-0.1, -0.05) is 65.9 Å². The number of carbonyl (C=O) groups excluding carboxylic acids is 3. The van der Waals surface area contributed by atoms with Gasteiger partial charge in [0.25, 0.3) is 11.5 Å². The topological polar surface area (TPSA) is 126 Å². The van der Waals surface area contributed by atoms with E-state index in [4.69, 9.17) is 23.9 Å². The van der Waals surface area contributed by atoms with E-state index in [-0.39, 0.29) is 40.2 Å². The zero-order chi connectivity index (χ0) is 33.2. The van der Waals surface area contributed by atoms with Gasteiger partial charge in [0.1, 0.15) is 11.1 Å². The number of esters is 2. The van der Waals surface area contributed by atoms with E-state index in [9.17, 15) is 19.2 Å². The molecule has 2 aliphatic heterocycles. The van der Waals surface area contributed by atoms with E-state index < -0.39 is 29.4 Å². The Morgan fingerprint density at radius 1 is 0.872 bits per heavy atom. The first kappa shape index (κ1) is 31.5. The molecule has 0 saturated carbocycles. The highest BCUT2D eigenvalue weighted by Gasteiger charge is 2.39. The number of aromatic nitrogens is 1. The number of rotatable bonds is 9. The number of carbonyl (C=O) groups is 3. The minimum Gasteiger partial charge on any atom is -0.493 e. The maximum atomic E-state index is 14.6. The summed E-state index contributed by atoms with van der Waals surface area (Å²) in [4.78, 5) is 61.4. The Labute approximate surface area is 273 Å². The van der Waals surface area contributed by atoms with Crippen LogP contribution in [0, 0.1) is 0 Å². The average molecular weight is 654 g/mol. The van der Waals surface area contributed by atoms with E-state index in [1.807, 2.05) is 30.3 Å². The van der Waals surface area contributed by atoms with Crippen LogP contribution in [0.2, 0.25) is 0 Å². The summed E-state index contributed by atoms with van der Waals surface area (Å²) in [5, 5.41) is 0. The third kappa shape index (κ3) is 5.50. The van der Waals surface area contributed by atoms with Crippen molar-refractivity contribution < 1.29 is 33.3 Å². The van der Waals surface area contributed by atoms with E-state index in [0.29, 0.717) is 39.6 Å². The molecule has 0 aliphatic carbocycles. The minimum atomic E-state index is -1.00. The second-order valence-electron chi connectivity index (χ2n) is 10.5. The maximum absolute atomic E-state index is 14.6. The molecule has 0 bridgehead atoms. The van der Waals surface area contributed by atoms with Gasteiger partial charge in [-0.05, 0) is 37.6 Å². The molecule has 47 heavy (non-hydrogen) atoms. The summed E-state index contributed by atoms with van der Waals surface area (Å²) in [6.07, 6.45) is 0. The molecule has 3 aromatic carbocycles. The number of fused-ring (bicyclic) bond motifs is 2. The molecule has 1 amide bonds. The van der Waals surface area contributed by atoms with Crippen LogP contribution in [0.4, 0.5) is 5.69 Å². The van der Waals surface area contributed by atoms with Crippen LogP contribution in [-0.2, 0) is 23.9 Å². The first-order valence-electron chi connectivity index (χ1n) is 14.9. The quantitative estimate of drug-likeness (QED) is 0.252. The zero-order valence-electron chi connectivity index (χ0n) is 26.1. The molecule has 240 valence electrons. The van der Waals surface area contributed by atoms with Crippen LogP contribution in [0.1, 0.15) is 36.6 Å². The molecule has 1 aromatic heterocycles. The van der Waals surface area contributed by atoms with Gasteiger partial charge in [-0.2, -0.15) is 0 Å². The summed E-state index contributed by atoms with van der Waals surface area (Å²) in [5.41, 5.74) is 2.27. The standard InChI is InChI=1S/C35H31N3O8S/c1-5-45-26(39)19-37-23-15-11-10-14-22(23)27(32(37)40)31-33(41)38-30(21-16-17-24(43-3)25(18-21)44-4)28(34(42)46-6-2)29(36-35(38)47-31)20-12-8-7-9-13-20/h7-18,30H,5-6,19H2,1-4H3/b31-27+/t30-/m0/s1. The summed E-state index contributed by atoms with van der Waals surface area (Å²) in [7, 11) is 3.01. The number of anilines is 1. The highest BCUT2D eigenvalue weighted by Crippen LogP contribution is 2.39. The van der Waals surface area contributed by atoms with Crippen molar-refractivity contribution >= 4 is 46.1 Å². The SMILES string of the molecule is CCOC(=O)CN1C(=O)/C(=c2/sc3n(c2=O)[C@@H](c2ccc(OC)c(OC)c2)C(C(=O)OCC)=C(c2ccccc2)N=3)c2ccccc21. The lowest BCUT2D eigenvalue weighted by Crippen LogP contribution is -2.41. The lowest BCUT2D eigenvalue weighted by molar-refractivity contribution is -0.142. The Morgan fingerprint density at radius 2 is 1.57 bits per heavy atom. The number of benzene rings is 3. The molecular weight excluding hydrogens is 622 g/mol. The summed E-state index contributed by atoms with van der Waals surface area (Å²) in [6.45, 7) is 3.34. The van der Waals surface area contributed by atoms with Crippen LogP contribution in [0.5, 0.6) is 11.5 Å². The summed E-state index contributed by atoms with van der Waals surface area (Å²) in [6, 6.07) is 20.3. The van der Waals surface area contributed by atoms with Gasteiger partial charge >= 0.3 is 11.9 Å². The van der Waals surface area contributed by atoms with Crippen LogP contribution in [0.3, 0.4) is 0 Å². The second kappa shape index (κ2) is 13.1. The Kier molecular flexibility index (Phi) is 8.77. The molecule has 1 atom stereocenters. The molecule has 6 rings (SSSR count). The van der Waals surface area contributed by atoms with Gasteiger partial charge in [-0.25, -0.2) is 9.79 Å². The van der Waals surface area contributed by atoms with Gasteiger partial charge in [0.15, 0.2) is 16.3 Å². The Bertz CT molecular complexity index is 2120. The smallest absolute Gasteiger partial charge is 0.338 e. The molecule has 11 nitrogen and oxygen atoms in total. The molecule has 0 fully saturated rings. The van der Waals surface area contributed by atoms with Crippen molar-refractivity contribution in [3.63, 3.8) is 0 Å². The summed E-state index contributed by atoms with van der Waals surface area (Å²) in [5.74, 6) is -0.870. The van der Waals surface area contributed by atoms with Gasteiger partial charge in [-0.15, -0.1) is 0 Å². The van der Waals surface area contributed by atoms with Crippen LogP contribution in [-0.4, -0.2) is 56.4 Å². The third-order valence-corrected chi connectivity index (χ3v) is 8.87. The van der Waals surface area contributed by atoms with Crippen molar-refractivity contribution in [2.75, 3.05) is 38.9 Å². The van der Waals surface area contributed by atoms with Crippen molar-refractivity contribution in [3.05, 3.63) is 115 Å². The fourth-order valence-electron chi connectivity index (χ4n) is 5.82. The molecule has 0 unspecified atom stereocenters. The van der Waals surface area contributed by atoms with E-state index in [1.165, 1.54) is 23.7 Å². The first-order chi connectivity index (χ1) is 22.8. The number of thiazole rings is 1. The second-order valence-corrected chi connectivity index (χ2v) is 11.4. The monoisotopic (exact) mass is 653 g/mol. The molecule has 3 heterocycles. The number of para-hydroxylation sites is 1. The van der Waals surface area contributed by atoms with E-state index in [1.54, 1.807) is 56.3 Å². The van der Waals surface area contributed by atoms with Crippen LogP contribution < -0.4 is 29.3 Å². The lowest BCUT2D eigenvalue weighted by atomic mass is 9.93. The first-order valence-corrected chi connectivity index (χ1v) is 15.7.